The Morgan fingerprint density at radius 1 is 1.12 bits per heavy atom. The van der Waals surface area contributed by atoms with Gasteiger partial charge in [0, 0.05) is 16.8 Å². The number of rotatable bonds is 7. The number of carbonyl (C=O) groups is 1. The van der Waals surface area contributed by atoms with Gasteiger partial charge in [0.25, 0.3) is 0 Å². The molecule has 0 aromatic heterocycles. The molecule has 7 heteroatoms. The second-order valence-electron chi connectivity index (χ2n) is 4.95. The van der Waals surface area contributed by atoms with Crippen molar-refractivity contribution in [1.29, 1.82) is 0 Å². The van der Waals surface area contributed by atoms with Gasteiger partial charge in [-0.1, -0.05) is 46.7 Å². The van der Waals surface area contributed by atoms with Crippen LogP contribution in [-0.4, -0.2) is 32.1 Å². The van der Waals surface area contributed by atoms with Crippen molar-refractivity contribution in [3.05, 3.63) is 65.2 Å². The molecule has 0 amide bonds. The van der Waals surface area contributed by atoms with E-state index >= 15 is 0 Å². The van der Waals surface area contributed by atoms with Crippen LogP contribution in [-0.2, 0) is 25.8 Å². The lowest BCUT2D eigenvalue weighted by molar-refractivity contribution is -0.132. The molecule has 2 rings (SSSR count). The Bertz CT molecular complexity index is 770. The number of nitrogen functional groups attached to an aromatic ring is 1. The Morgan fingerprint density at radius 3 is 2.52 bits per heavy atom. The number of hydrogen-bond donors (Lipinski definition) is 1. The Hall–Kier alpha value is -3.35. The van der Waals surface area contributed by atoms with Crippen LogP contribution in [0.15, 0.2) is 58.8 Å². The van der Waals surface area contributed by atoms with E-state index < -0.39 is 5.97 Å². The van der Waals surface area contributed by atoms with Crippen molar-refractivity contribution in [1.82, 2.24) is 0 Å². The molecule has 0 saturated heterocycles. The monoisotopic (exact) mass is 341 g/mol. The topological polar surface area (TPSA) is 95.5 Å². The minimum atomic E-state index is -0.598. The summed E-state index contributed by atoms with van der Waals surface area (Å²) in [7, 11) is 2.64. The molecule has 0 aliphatic carbocycles. The van der Waals surface area contributed by atoms with Gasteiger partial charge in [-0.25, -0.2) is 4.79 Å². The molecule has 0 aliphatic heterocycles. The highest BCUT2D eigenvalue weighted by Crippen LogP contribution is 2.13. The van der Waals surface area contributed by atoms with E-state index in [1.807, 2.05) is 24.3 Å². The lowest BCUT2D eigenvalue weighted by Crippen LogP contribution is -2.19. The van der Waals surface area contributed by atoms with Gasteiger partial charge in [-0.05, 0) is 17.7 Å². The van der Waals surface area contributed by atoms with Crippen LogP contribution >= 0.6 is 0 Å². The van der Waals surface area contributed by atoms with Crippen LogP contribution in [0.1, 0.15) is 16.7 Å². The largest absolute Gasteiger partial charge is 0.464 e. The lowest BCUT2D eigenvalue weighted by Gasteiger charge is -2.09. The molecule has 130 valence electrons. The summed E-state index contributed by atoms with van der Waals surface area (Å²) in [6.45, 7) is 0.154. The highest BCUT2D eigenvalue weighted by molar-refractivity contribution is 6.43. The molecule has 0 fully saturated rings. The Morgan fingerprint density at radius 2 is 1.84 bits per heavy atom. The van der Waals surface area contributed by atoms with Gasteiger partial charge in [0.1, 0.15) is 13.7 Å². The minimum absolute atomic E-state index is 0.0618. The molecule has 0 heterocycles. The quantitative estimate of drug-likeness (QED) is 0.361. The lowest BCUT2D eigenvalue weighted by atomic mass is 10.0. The second kappa shape index (κ2) is 9.07. The normalized spacial score (nSPS) is 11.4. The number of hydrogen-bond acceptors (Lipinski definition) is 7. The van der Waals surface area contributed by atoms with Crippen molar-refractivity contribution in [2.45, 2.75) is 6.61 Å². The molecule has 2 N–H and O–H groups in total. The Labute approximate surface area is 145 Å². The average Bonchev–Trinajstić information content (AvgIpc) is 2.64. The zero-order valence-electron chi connectivity index (χ0n) is 14.0. The highest BCUT2D eigenvalue weighted by atomic mass is 16.6. The van der Waals surface area contributed by atoms with Gasteiger partial charge in [-0.15, -0.1) is 0 Å². The van der Waals surface area contributed by atoms with Crippen molar-refractivity contribution in [2.24, 2.45) is 10.3 Å². The predicted molar refractivity (Wildman–Crippen MR) is 95.2 cm³/mol. The van der Waals surface area contributed by atoms with Gasteiger partial charge in [0.05, 0.1) is 13.3 Å². The summed E-state index contributed by atoms with van der Waals surface area (Å²) in [6.07, 6.45) is 1.58. The number of benzene rings is 2. The van der Waals surface area contributed by atoms with Crippen LogP contribution in [0.4, 0.5) is 5.69 Å². The summed E-state index contributed by atoms with van der Waals surface area (Å²) >= 11 is 0. The van der Waals surface area contributed by atoms with E-state index in [0.29, 0.717) is 11.3 Å². The van der Waals surface area contributed by atoms with Gasteiger partial charge < -0.3 is 20.1 Å². The van der Waals surface area contributed by atoms with Crippen LogP contribution in [0.25, 0.3) is 0 Å². The number of nitrogens with zero attached hydrogens (tertiary/aromatic N) is 2. The summed E-state index contributed by atoms with van der Waals surface area (Å²) in [5.74, 6) is -0.598. The Balaban J connectivity index is 2.11. The maximum absolute atomic E-state index is 11.9. The van der Waals surface area contributed by atoms with Crippen LogP contribution < -0.4 is 5.73 Å². The molecule has 0 unspecified atom stereocenters. The molecule has 0 bridgehead atoms. The van der Waals surface area contributed by atoms with E-state index in [9.17, 15) is 4.79 Å². The first kappa shape index (κ1) is 18.0. The molecule has 2 aromatic carbocycles. The van der Waals surface area contributed by atoms with Crippen LogP contribution in [0.3, 0.4) is 0 Å². The molecular weight excluding hydrogens is 322 g/mol. The van der Waals surface area contributed by atoms with Crippen molar-refractivity contribution in [2.75, 3.05) is 20.0 Å². The summed E-state index contributed by atoms with van der Waals surface area (Å²) in [4.78, 5) is 21.9. The van der Waals surface area contributed by atoms with Gasteiger partial charge in [-0.2, -0.15) is 0 Å². The molecular formula is C18H19N3O4. The molecule has 25 heavy (non-hydrogen) atoms. The van der Waals surface area contributed by atoms with Crippen molar-refractivity contribution < 1.29 is 19.2 Å². The average molecular weight is 341 g/mol. The van der Waals surface area contributed by atoms with Gasteiger partial charge in [0.2, 0.25) is 0 Å². The third-order valence-corrected chi connectivity index (χ3v) is 3.27. The molecule has 0 atom stereocenters. The molecule has 2 aromatic rings. The van der Waals surface area contributed by atoms with Gasteiger partial charge in [0.15, 0.2) is 5.71 Å². The van der Waals surface area contributed by atoms with E-state index in [2.05, 4.69) is 10.3 Å². The summed E-state index contributed by atoms with van der Waals surface area (Å²) < 4.78 is 4.74. The SMILES string of the molecule is CO/N=C(/C(=O)OC)c1ccccc1CO/N=C\c1ccc(N)cc1. The third kappa shape index (κ3) is 5.07. The van der Waals surface area contributed by atoms with Crippen molar-refractivity contribution in [3.8, 4) is 0 Å². The number of nitrogens with two attached hydrogens (primary N) is 1. The second-order valence-corrected chi connectivity index (χ2v) is 4.95. The fourth-order valence-electron chi connectivity index (χ4n) is 2.05. The molecule has 0 aliphatic rings. The van der Waals surface area contributed by atoms with Crippen LogP contribution in [0.2, 0.25) is 0 Å². The van der Waals surface area contributed by atoms with E-state index in [4.69, 9.17) is 20.1 Å². The summed E-state index contributed by atoms with van der Waals surface area (Å²) in [5.41, 5.74) is 8.51. The number of methoxy groups -OCH3 is 1. The fourth-order valence-corrected chi connectivity index (χ4v) is 2.05. The molecule has 0 radical (unpaired) electrons. The smallest absolute Gasteiger partial charge is 0.360 e. The first-order valence-electron chi connectivity index (χ1n) is 7.44. The van der Waals surface area contributed by atoms with E-state index in [0.717, 1.165) is 11.1 Å². The van der Waals surface area contributed by atoms with E-state index in [-0.39, 0.29) is 12.3 Å². The van der Waals surface area contributed by atoms with E-state index in [1.165, 1.54) is 14.2 Å². The number of carbonyl (C=O) groups excluding carboxylic acids is 1. The number of oxime groups is 2. The predicted octanol–water partition coefficient (Wildman–Crippen LogP) is 2.34. The van der Waals surface area contributed by atoms with Crippen molar-refractivity contribution >= 4 is 23.6 Å². The minimum Gasteiger partial charge on any atom is -0.464 e. The number of ether oxygens (including phenoxy) is 1. The molecule has 0 spiro atoms. The first-order chi connectivity index (χ1) is 12.2. The maximum atomic E-state index is 11.9. The van der Waals surface area contributed by atoms with Crippen molar-refractivity contribution in [3.63, 3.8) is 0 Å². The van der Waals surface area contributed by atoms with E-state index in [1.54, 1.807) is 30.5 Å². The standard InChI is InChI=1S/C18H19N3O4/c1-23-18(22)17(21-24-2)16-6-4-3-5-14(16)12-25-20-11-13-7-9-15(19)10-8-13/h3-11H,12,19H2,1-2H3/b20-11-,21-17+. The van der Waals surface area contributed by atoms with Crippen LogP contribution in [0.5, 0.6) is 0 Å². The highest BCUT2D eigenvalue weighted by Gasteiger charge is 2.19. The third-order valence-electron chi connectivity index (χ3n) is 3.27. The molecule has 7 nitrogen and oxygen atoms in total. The Kier molecular flexibility index (Phi) is 6.53. The zero-order valence-corrected chi connectivity index (χ0v) is 14.0. The van der Waals surface area contributed by atoms with Crippen LogP contribution in [0, 0.1) is 0 Å². The summed E-state index contributed by atoms with van der Waals surface area (Å²) in [6, 6.07) is 14.4. The van der Waals surface area contributed by atoms with Gasteiger partial charge in [-0.3, -0.25) is 0 Å². The zero-order chi connectivity index (χ0) is 18.1. The maximum Gasteiger partial charge on any atom is 0.360 e. The number of esters is 1. The van der Waals surface area contributed by atoms with Gasteiger partial charge >= 0.3 is 5.97 Å². The summed E-state index contributed by atoms with van der Waals surface area (Å²) in [5, 5.41) is 7.67. The fraction of sp³-hybridized carbons (Fsp3) is 0.167. The number of anilines is 1. The first-order valence-corrected chi connectivity index (χ1v) is 7.44. The molecule has 0 saturated carbocycles.